The number of aliphatic hydroxyl groups excluding tert-OH is 2. The highest BCUT2D eigenvalue weighted by Gasteiger charge is 2.46. The molecule has 1 aliphatic heterocycles. The van der Waals surface area contributed by atoms with Gasteiger partial charge in [0.1, 0.15) is 66.2 Å². The van der Waals surface area contributed by atoms with E-state index in [9.17, 15) is 92.3 Å². The van der Waals surface area contributed by atoms with Crippen LogP contribution in [0.1, 0.15) is 240 Å². The lowest BCUT2D eigenvalue weighted by molar-refractivity contribution is -0.142. The van der Waals surface area contributed by atoms with Crippen LogP contribution in [-0.2, 0) is 78.3 Å². The van der Waals surface area contributed by atoms with Gasteiger partial charge in [-0.05, 0) is 133 Å². The fourth-order valence-corrected chi connectivity index (χ4v) is 13.9. The third kappa shape index (κ3) is 40.6. The number of phenolic OH excluding ortho intramolecular Hbond substituents is 1. The van der Waals surface area contributed by atoms with Crippen molar-refractivity contribution in [3.8, 4) is 5.75 Å². The van der Waals surface area contributed by atoms with Gasteiger partial charge in [-0.3, -0.25) is 71.9 Å². The maximum Gasteiger partial charge on any atom is 0.305 e. The van der Waals surface area contributed by atoms with E-state index in [-0.39, 0.29) is 81.7 Å². The molecule has 0 saturated carbocycles. The number of likely N-dealkylation sites (tertiary alicyclic amines) is 1. The van der Waals surface area contributed by atoms with E-state index in [0.29, 0.717) is 62.7 Å². The Morgan fingerprint density at radius 2 is 0.965 bits per heavy atom. The molecule has 113 heavy (non-hydrogen) atoms. The van der Waals surface area contributed by atoms with Gasteiger partial charge in [-0.1, -0.05) is 142 Å². The van der Waals surface area contributed by atoms with Crippen molar-refractivity contribution in [3.63, 3.8) is 0 Å². The largest absolute Gasteiger partial charge is 0.508 e. The van der Waals surface area contributed by atoms with Crippen LogP contribution in [0.2, 0.25) is 0 Å². The number of benzene rings is 1. The second-order valence-corrected chi connectivity index (χ2v) is 31.2. The van der Waals surface area contributed by atoms with Crippen LogP contribution in [0.4, 0.5) is 0 Å². The molecule has 1 fully saturated rings. The lowest BCUT2D eigenvalue weighted by Crippen LogP contribution is -2.61. The van der Waals surface area contributed by atoms with Gasteiger partial charge >= 0.3 is 5.97 Å². The Hall–Kier alpha value is -8.15. The first-order valence-corrected chi connectivity index (χ1v) is 43.1. The number of unbranched alkanes of at least 4 members (excludes halogenated alkanes) is 16. The van der Waals surface area contributed by atoms with Gasteiger partial charge in [-0.15, -0.1) is 0 Å². The third-order valence-corrected chi connectivity index (χ3v) is 20.8. The van der Waals surface area contributed by atoms with Crippen molar-refractivity contribution in [1.29, 1.82) is 0 Å². The number of thioether (sulfide) groups is 2. The average Bonchev–Trinajstić information content (AvgIpc) is 1.65. The summed E-state index contributed by atoms with van der Waals surface area (Å²) in [6.07, 6.45) is 18.8. The maximum atomic E-state index is 14.7. The normalized spacial score (nSPS) is 16.2. The van der Waals surface area contributed by atoms with Gasteiger partial charge in [0.05, 0.1) is 31.7 Å². The molecule has 1 saturated heterocycles. The van der Waals surface area contributed by atoms with Crippen molar-refractivity contribution in [2.24, 2.45) is 11.5 Å². The Balaban J connectivity index is 2.37. The number of aromatic hydroxyl groups is 1. The van der Waals surface area contributed by atoms with Gasteiger partial charge in [0.25, 0.3) is 0 Å². The van der Waals surface area contributed by atoms with Gasteiger partial charge in [-0.2, -0.15) is 23.5 Å². The highest BCUT2D eigenvalue weighted by Crippen LogP contribution is 2.26. The Bertz CT molecular complexity index is 3160. The fraction of sp³-hybridized carbons (Fsp3) is 0.731. The lowest BCUT2D eigenvalue weighted by atomic mass is 10.0. The molecule has 1 aliphatic rings. The van der Waals surface area contributed by atoms with Crippen LogP contribution in [0.5, 0.6) is 5.75 Å². The number of carbonyl (C=O) groups excluding carboxylic acids is 14. The zero-order valence-corrected chi connectivity index (χ0v) is 69.2. The van der Waals surface area contributed by atoms with Crippen LogP contribution in [0, 0.1) is 0 Å². The molecule has 19 N–H and O–H groups in total. The molecule has 35 heteroatoms. The molecule has 640 valence electrons. The molecule has 13 atom stereocenters. The Labute approximate surface area is 674 Å². The number of Topliss-reactive ketones (excluding diaryl/α,β-unsaturated/α-hetero) is 1. The van der Waals surface area contributed by atoms with E-state index in [1.165, 1.54) is 104 Å². The molecule has 1 heterocycles. The number of primary amides is 1. The van der Waals surface area contributed by atoms with Crippen molar-refractivity contribution in [3.05, 3.63) is 29.8 Å². The summed E-state index contributed by atoms with van der Waals surface area (Å²) in [5, 5.41) is 68.8. The third-order valence-electron chi connectivity index (χ3n) is 19.5. The minimum atomic E-state index is -1.73. The summed E-state index contributed by atoms with van der Waals surface area (Å²) in [7, 11) is 0. The second-order valence-electron chi connectivity index (χ2n) is 29.2. The Morgan fingerprint density at radius 3 is 1.47 bits per heavy atom. The number of nitrogens with two attached hydrogens (primary N) is 2. The number of carbonyl (C=O) groups is 15. The summed E-state index contributed by atoms with van der Waals surface area (Å²) in [6, 6.07) is -10.7. The number of ketones is 1. The number of amides is 13. The molecular weight excluding hydrogens is 1500 g/mol. The first-order chi connectivity index (χ1) is 53.9. The topological polar surface area (TPSA) is 525 Å². The van der Waals surface area contributed by atoms with E-state index in [4.69, 9.17) is 11.5 Å². The SMILES string of the molecule is CCCCCCCCCCCCCCCC(=O)N[C@H](CCSC)C(=O)NCC(=O)N[C@@H](Cc1ccc(O)cc1)C(=O)N[C@@H](CCC(N)=O)C(=O)N[C@@H](CCCCC)C(=O)N[C@@H](CCCCN)C(=O)N[C@H]1CC(C)N([C@@H](CCCC)C(=O)N[C@@H](CO)C(=O)N[C@@H](CCSC)C(=O)N[C@H](C(=O)N[C@@H](CC(=O)O)C(C)=O)[C@@H](C)O)C1=O. The molecule has 33 nitrogen and oxygen atoms in total. The standard InChI is InChI=1S/C78H132N14O19S2/c1-9-12-15-16-17-18-19-20-21-22-23-24-26-32-65(98)82-57(39-42-112-7)69(102)81-47-66(99)83-60(45-52-33-35-53(96)36-34-52)74(107)86-56(37-38-64(80)97)72(105)85-54(29-25-13-10-2)70(103)84-55(30-27-28-41-79)71(104)89-61-44-49(4)92(78(61)111)63(31-14-11-3)76(109)90-62(48-93)75(108)87-58(40-43-113-8)73(106)91-68(51(6)95)77(110)88-59(50(5)94)46-67(100)101/h33-36,49,51,54-63,68,93,95-96H,9-32,37-48,79H2,1-8H3,(H2,80,97)(H,81,102)(H,82,98)(H,83,99)(H,84,103)(H,85,105)(H,86,107)(H,87,108)(H,88,110)(H,89,104)(H,90,109)(H,91,106)(H,100,101)/t49?,51-,54+,55+,56+,57-,58+,59+,60+,61+,62+,63+,68+/m1/s1. The van der Waals surface area contributed by atoms with E-state index in [0.717, 1.165) is 39.5 Å². The number of aliphatic carboxylic acids is 1. The summed E-state index contributed by atoms with van der Waals surface area (Å²) in [5.74, 6) is -12.2. The van der Waals surface area contributed by atoms with E-state index >= 15 is 0 Å². The molecule has 1 aromatic rings. The molecular formula is C78H132N14O19S2. The van der Waals surface area contributed by atoms with Crippen molar-refractivity contribution >= 4 is 112 Å². The predicted octanol–water partition coefficient (Wildman–Crippen LogP) is 2.48. The van der Waals surface area contributed by atoms with Gasteiger partial charge in [0, 0.05) is 25.3 Å². The number of aliphatic hydroxyl groups is 2. The number of carboxylic acid groups (broad SMARTS) is 1. The summed E-state index contributed by atoms with van der Waals surface area (Å²) >= 11 is 2.76. The number of rotatable bonds is 63. The molecule has 0 aliphatic carbocycles. The van der Waals surface area contributed by atoms with Crippen LogP contribution in [0.25, 0.3) is 0 Å². The van der Waals surface area contributed by atoms with E-state index in [2.05, 4.69) is 65.4 Å². The zero-order chi connectivity index (χ0) is 84.4. The maximum absolute atomic E-state index is 14.7. The van der Waals surface area contributed by atoms with Gasteiger partial charge < -0.3 is 95.3 Å². The molecule has 13 amide bonds. The van der Waals surface area contributed by atoms with Gasteiger partial charge in [0.2, 0.25) is 76.8 Å². The number of nitrogens with one attached hydrogen (secondary N) is 11. The van der Waals surface area contributed by atoms with Crippen LogP contribution >= 0.6 is 23.5 Å². The highest BCUT2D eigenvalue weighted by atomic mass is 32.2. The van der Waals surface area contributed by atoms with E-state index < -0.39 is 187 Å². The minimum absolute atomic E-state index is 0.00697. The lowest BCUT2D eigenvalue weighted by Gasteiger charge is -2.32. The first kappa shape index (κ1) is 101. The van der Waals surface area contributed by atoms with Crippen LogP contribution in [-0.4, -0.2) is 236 Å². The predicted molar refractivity (Wildman–Crippen MR) is 432 cm³/mol. The summed E-state index contributed by atoms with van der Waals surface area (Å²) in [5.41, 5.74) is 11.9. The summed E-state index contributed by atoms with van der Waals surface area (Å²) < 4.78 is 0. The highest BCUT2D eigenvalue weighted by molar-refractivity contribution is 7.98. The molecule has 1 aromatic carbocycles. The van der Waals surface area contributed by atoms with E-state index in [1.807, 2.05) is 20.1 Å². The molecule has 1 unspecified atom stereocenters. The Morgan fingerprint density at radius 1 is 0.513 bits per heavy atom. The van der Waals surface area contributed by atoms with Gasteiger partial charge in [-0.25, -0.2) is 0 Å². The van der Waals surface area contributed by atoms with Crippen molar-refractivity contribution < 1.29 is 92.3 Å². The summed E-state index contributed by atoms with van der Waals surface area (Å²) in [4.78, 5) is 206. The second kappa shape index (κ2) is 57.8. The van der Waals surface area contributed by atoms with Gasteiger partial charge in [0.15, 0.2) is 5.78 Å². The van der Waals surface area contributed by atoms with Crippen LogP contribution in [0.3, 0.4) is 0 Å². The number of carboxylic acids is 1. The van der Waals surface area contributed by atoms with Crippen LogP contribution < -0.4 is 70.0 Å². The molecule has 0 bridgehead atoms. The average molecular weight is 1630 g/mol. The quantitative estimate of drug-likeness (QED) is 0.0417. The molecule has 0 aromatic heterocycles. The molecule has 0 radical (unpaired) electrons. The number of hydrogen-bond donors (Lipinski definition) is 17. The van der Waals surface area contributed by atoms with Crippen molar-refractivity contribution in [2.45, 2.75) is 319 Å². The molecule has 2 rings (SSSR count). The zero-order valence-electron chi connectivity index (χ0n) is 67.6. The Kier molecular flexibility index (Phi) is 51.6. The van der Waals surface area contributed by atoms with Crippen LogP contribution in [0.15, 0.2) is 24.3 Å². The number of hydrogen-bond acceptors (Lipinski definition) is 21. The summed E-state index contributed by atoms with van der Waals surface area (Å²) in [6.45, 7) is 8.38. The minimum Gasteiger partial charge on any atom is -0.508 e. The first-order valence-electron chi connectivity index (χ1n) is 40.3. The van der Waals surface area contributed by atoms with Crippen molar-refractivity contribution in [2.75, 3.05) is 43.7 Å². The number of nitrogens with zero attached hydrogens (tertiary/aromatic N) is 1. The fourth-order valence-electron chi connectivity index (χ4n) is 12.9. The number of phenols is 1. The smallest absolute Gasteiger partial charge is 0.305 e. The molecule has 0 spiro atoms. The monoisotopic (exact) mass is 1630 g/mol. The van der Waals surface area contributed by atoms with E-state index in [1.54, 1.807) is 13.2 Å². The van der Waals surface area contributed by atoms with Crippen molar-refractivity contribution in [1.82, 2.24) is 63.4 Å².